The van der Waals surface area contributed by atoms with Crippen LogP contribution in [0.2, 0.25) is 0 Å². The third-order valence-electron chi connectivity index (χ3n) is 2.93. The Balaban J connectivity index is 2.82. The van der Waals surface area contributed by atoms with Crippen molar-refractivity contribution in [3.8, 4) is 11.5 Å². The van der Waals surface area contributed by atoms with Gasteiger partial charge in [-0.2, -0.15) is 20.5 Å². The van der Waals surface area contributed by atoms with Gasteiger partial charge >= 0.3 is 6.61 Å². The molecule has 1 unspecified atom stereocenters. The number of nitrogens with one attached hydrogen (secondary N) is 1. The number of hydrogen-bond donors (Lipinski definition) is 1. The number of methoxy groups -OCH3 is 1. The molecule has 6 heteroatoms. The van der Waals surface area contributed by atoms with Crippen LogP contribution in [0.5, 0.6) is 11.5 Å². The minimum Gasteiger partial charge on any atom is -0.493 e. The first-order valence-electron chi connectivity index (χ1n) is 6.45. The molecular weight excluding hydrogens is 284 g/mol. The molecule has 0 aliphatic carbocycles. The predicted molar refractivity (Wildman–Crippen MR) is 78.9 cm³/mol. The largest absolute Gasteiger partial charge is 0.493 e. The fourth-order valence-electron chi connectivity index (χ4n) is 1.86. The minimum absolute atomic E-state index is 0.108. The van der Waals surface area contributed by atoms with Crippen LogP contribution in [-0.2, 0) is 6.54 Å². The molecular formula is C14H21F2NO2S. The first kappa shape index (κ1) is 17.0. The van der Waals surface area contributed by atoms with Crippen molar-refractivity contribution >= 4 is 11.8 Å². The van der Waals surface area contributed by atoms with Crippen LogP contribution in [0.1, 0.15) is 18.9 Å². The van der Waals surface area contributed by atoms with Crippen LogP contribution in [-0.4, -0.2) is 31.8 Å². The van der Waals surface area contributed by atoms with Gasteiger partial charge in [-0.05, 0) is 18.7 Å². The topological polar surface area (TPSA) is 30.5 Å². The molecule has 0 heterocycles. The van der Waals surface area contributed by atoms with Crippen LogP contribution >= 0.6 is 11.8 Å². The van der Waals surface area contributed by atoms with E-state index in [-0.39, 0.29) is 5.75 Å². The zero-order chi connectivity index (χ0) is 15.0. The maximum absolute atomic E-state index is 12.5. The summed E-state index contributed by atoms with van der Waals surface area (Å²) in [5.74, 6) is 1.41. The Labute approximate surface area is 123 Å². The number of halogens is 2. The van der Waals surface area contributed by atoms with Crippen LogP contribution in [0.25, 0.3) is 0 Å². The van der Waals surface area contributed by atoms with E-state index in [1.807, 2.05) is 6.26 Å². The van der Waals surface area contributed by atoms with Gasteiger partial charge in [0.15, 0.2) is 11.5 Å². The Bertz CT molecular complexity index is 405. The SMILES string of the molecule is CCC(CSC)NCc1cccc(OC)c1OC(F)F. The predicted octanol–water partition coefficient (Wildman–Crippen LogP) is 3.53. The third-order valence-corrected chi connectivity index (χ3v) is 3.66. The number of ether oxygens (including phenoxy) is 2. The maximum Gasteiger partial charge on any atom is 0.387 e. The molecule has 1 atom stereocenters. The van der Waals surface area contributed by atoms with E-state index in [0.717, 1.165) is 12.2 Å². The monoisotopic (exact) mass is 305 g/mol. The summed E-state index contributed by atoms with van der Waals surface area (Å²) in [7, 11) is 1.44. The fourth-order valence-corrected chi connectivity index (χ4v) is 2.62. The van der Waals surface area contributed by atoms with Gasteiger partial charge in [0, 0.05) is 23.9 Å². The molecule has 114 valence electrons. The Morgan fingerprint density at radius 2 is 2.10 bits per heavy atom. The molecule has 3 nitrogen and oxygen atoms in total. The first-order chi connectivity index (χ1) is 9.62. The highest BCUT2D eigenvalue weighted by molar-refractivity contribution is 7.98. The molecule has 0 saturated carbocycles. The van der Waals surface area contributed by atoms with E-state index in [1.54, 1.807) is 30.0 Å². The number of benzene rings is 1. The molecule has 1 N–H and O–H groups in total. The quantitative estimate of drug-likeness (QED) is 0.756. The lowest BCUT2D eigenvalue weighted by atomic mass is 10.1. The molecule has 0 spiro atoms. The number of rotatable bonds is 9. The van der Waals surface area contributed by atoms with E-state index >= 15 is 0 Å². The summed E-state index contributed by atoms with van der Waals surface area (Å²) in [6.07, 6.45) is 3.02. The van der Waals surface area contributed by atoms with Crippen molar-refractivity contribution in [1.82, 2.24) is 5.32 Å². The average molecular weight is 305 g/mol. The van der Waals surface area contributed by atoms with Gasteiger partial charge in [0.2, 0.25) is 0 Å². The Hall–Kier alpha value is -1.01. The molecule has 20 heavy (non-hydrogen) atoms. The average Bonchev–Trinajstić information content (AvgIpc) is 2.44. The lowest BCUT2D eigenvalue weighted by molar-refractivity contribution is -0.0518. The van der Waals surface area contributed by atoms with Crippen LogP contribution in [0.3, 0.4) is 0 Å². The number of para-hydroxylation sites is 1. The molecule has 0 fully saturated rings. The van der Waals surface area contributed by atoms with E-state index in [4.69, 9.17) is 4.74 Å². The summed E-state index contributed by atoms with van der Waals surface area (Å²) in [5.41, 5.74) is 0.671. The molecule has 0 aliphatic heterocycles. The van der Waals surface area contributed by atoms with Gasteiger partial charge < -0.3 is 14.8 Å². The minimum atomic E-state index is -2.86. The van der Waals surface area contributed by atoms with Crippen molar-refractivity contribution in [2.45, 2.75) is 32.5 Å². The molecule has 0 aliphatic rings. The maximum atomic E-state index is 12.5. The van der Waals surface area contributed by atoms with Gasteiger partial charge in [-0.15, -0.1) is 0 Å². The molecule has 0 radical (unpaired) electrons. The normalized spacial score (nSPS) is 12.5. The highest BCUT2D eigenvalue weighted by Crippen LogP contribution is 2.32. The lowest BCUT2D eigenvalue weighted by Gasteiger charge is -2.18. The Morgan fingerprint density at radius 3 is 2.65 bits per heavy atom. The van der Waals surface area contributed by atoms with Crippen molar-refractivity contribution in [2.24, 2.45) is 0 Å². The molecule has 1 rings (SSSR count). The molecule has 0 aromatic heterocycles. The highest BCUT2D eigenvalue weighted by Gasteiger charge is 2.16. The standard InChI is InChI=1S/C14H21F2NO2S/c1-4-11(9-20-3)17-8-10-6-5-7-12(18-2)13(10)19-14(15)16/h5-7,11,14,17H,4,8-9H2,1-3H3. The van der Waals surface area contributed by atoms with Gasteiger partial charge in [0.1, 0.15) is 0 Å². The van der Waals surface area contributed by atoms with E-state index in [1.165, 1.54) is 7.11 Å². The summed E-state index contributed by atoms with van der Waals surface area (Å²) in [6.45, 7) is -0.299. The molecule has 0 amide bonds. The van der Waals surface area contributed by atoms with Crippen molar-refractivity contribution in [1.29, 1.82) is 0 Å². The van der Waals surface area contributed by atoms with Crippen LogP contribution in [0.15, 0.2) is 18.2 Å². The molecule has 1 aromatic carbocycles. The van der Waals surface area contributed by atoms with Gasteiger partial charge in [0.05, 0.1) is 7.11 Å². The zero-order valence-electron chi connectivity index (χ0n) is 12.0. The second-order valence-electron chi connectivity index (χ2n) is 4.27. The van der Waals surface area contributed by atoms with Gasteiger partial charge in [0.25, 0.3) is 0 Å². The van der Waals surface area contributed by atoms with Crippen molar-refractivity contribution in [3.63, 3.8) is 0 Å². The van der Waals surface area contributed by atoms with Crippen molar-refractivity contribution < 1.29 is 18.3 Å². The first-order valence-corrected chi connectivity index (χ1v) is 7.84. The second-order valence-corrected chi connectivity index (χ2v) is 5.18. The zero-order valence-corrected chi connectivity index (χ0v) is 12.8. The number of thioether (sulfide) groups is 1. The van der Waals surface area contributed by atoms with E-state index in [9.17, 15) is 8.78 Å². The van der Waals surface area contributed by atoms with Gasteiger partial charge in [-0.3, -0.25) is 0 Å². The van der Waals surface area contributed by atoms with E-state index in [2.05, 4.69) is 17.0 Å². The van der Waals surface area contributed by atoms with Crippen LogP contribution in [0, 0.1) is 0 Å². The summed E-state index contributed by atoms with van der Waals surface area (Å²) in [6, 6.07) is 5.49. The highest BCUT2D eigenvalue weighted by atomic mass is 32.2. The summed E-state index contributed by atoms with van der Waals surface area (Å²) >= 11 is 1.75. The second kappa shape index (κ2) is 9.02. The Morgan fingerprint density at radius 1 is 1.35 bits per heavy atom. The van der Waals surface area contributed by atoms with E-state index in [0.29, 0.717) is 23.9 Å². The fraction of sp³-hybridized carbons (Fsp3) is 0.571. The van der Waals surface area contributed by atoms with Gasteiger partial charge in [-0.25, -0.2) is 0 Å². The lowest BCUT2D eigenvalue weighted by Crippen LogP contribution is -2.30. The summed E-state index contributed by atoms with van der Waals surface area (Å²) < 4.78 is 34.7. The van der Waals surface area contributed by atoms with E-state index < -0.39 is 6.61 Å². The van der Waals surface area contributed by atoms with Gasteiger partial charge in [-0.1, -0.05) is 19.1 Å². The van der Waals surface area contributed by atoms with Crippen LogP contribution < -0.4 is 14.8 Å². The van der Waals surface area contributed by atoms with Crippen molar-refractivity contribution in [3.05, 3.63) is 23.8 Å². The van der Waals surface area contributed by atoms with Crippen LogP contribution in [0.4, 0.5) is 8.78 Å². The number of hydrogen-bond acceptors (Lipinski definition) is 4. The summed E-state index contributed by atoms with van der Waals surface area (Å²) in [4.78, 5) is 0. The number of alkyl halides is 2. The smallest absolute Gasteiger partial charge is 0.387 e. The summed E-state index contributed by atoms with van der Waals surface area (Å²) in [5, 5.41) is 3.35. The molecule has 1 aromatic rings. The third kappa shape index (κ3) is 5.17. The molecule has 0 saturated heterocycles. The Kier molecular flexibility index (Phi) is 7.69. The molecule has 0 bridgehead atoms. The van der Waals surface area contributed by atoms with Crippen molar-refractivity contribution in [2.75, 3.05) is 19.1 Å².